The Hall–Kier alpha value is 0.130. The predicted octanol–water partition coefficient (Wildman–Crippen LogP) is 0.586. The Morgan fingerprint density at radius 2 is 2.33 bits per heavy atom. The van der Waals surface area contributed by atoms with Crippen LogP contribution in [0.4, 0.5) is 0 Å². The zero-order valence-corrected chi connectivity index (χ0v) is 5.03. The second kappa shape index (κ2) is 3.32. The van der Waals surface area contributed by atoms with Gasteiger partial charge in [-0.3, -0.25) is 0 Å². The van der Waals surface area contributed by atoms with Crippen LogP contribution >= 0.6 is 7.77 Å². The highest BCUT2D eigenvalue weighted by Crippen LogP contribution is 2.04. The molecule has 0 rings (SSSR count). The van der Waals surface area contributed by atoms with Crippen molar-refractivity contribution in [1.29, 1.82) is 0 Å². The lowest BCUT2D eigenvalue weighted by Crippen LogP contribution is -1.88. The monoisotopic (exact) mass is 104 g/mol. The molecule has 0 aromatic heterocycles. The van der Waals surface area contributed by atoms with Crippen LogP contribution in [0.15, 0.2) is 0 Å². The molecule has 0 saturated carbocycles. The maximum Gasteiger partial charge on any atom is 0.0994 e. The zero-order valence-electron chi connectivity index (χ0n) is 4.14. The van der Waals surface area contributed by atoms with Gasteiger partial charge in [-0.05, 0) is 13.8 Å². The fraction of sp³-hybridized carbons (Fsp3) is 0.750. The van der Waals surface area contributed by atoms with E-state index in [9.17, 15) is 4.89 Å². The van der Waals surface area contributed by atoms with E-state index in [0.29, 0.717) is 0 Å². The van der Waals surface area contributed by atoms with Crippen LogP contribution in [0.2, 0.25) is 0 Å². The summed E-state index contributed by atoms with van der Waals surface area (Å²) in [4.78, 5) is 10.3. The van der Waals surface area contributed by atoms with Gasteiger partial charge in [0, 0.05) is 7.77 Å². The van der Waals surface area contributed by atoms with E-state index in [-0.39, 0.29) is 0 Å². The van der Waals surface area contributed by atoms with Crippen molar-refractivity contribution in [2.24, 2.45) is 0 Å². The van der Waals surface area contributed by atoms with Gasteiger partial charge in [-0.2, -0.15) is 0 Å². The SMILES string of the molecule is C/C=[P+](\[O-])CC. The van der Waals surface area contributed by atoms with E-state index in [1.165, 1.54) is 0 Å². The maximum absolute atomic E-state index is 10.3. The highest BCUT2D eigenvalue weighted by molar-refractivity contribution is 7.49. The molecule has 1 unspecified atom stereocenters. The number of hydrogen-bond acceptors (Lipinski definition) is 1. The molecule has 0 radical (unpaired) electrons. The largest absolute Gasteiger partial charge is 0.631 e. The van der Waals surface area contributed by atoms with Gasteiger partial charge < -0.3 is 4.89 Å². The Balaban J connectivity index is 3.22. The lowest BCUT2D eigenvalue weighted by atomic mass is 11.0. The third kappa shape index (κ3) is 2.37. The van der Waals surface area contributed by atoms with E-state index in [2.05, 4.69) is 0 Å². The molecule has 1 nitrogen and oxygen atoms in total. The minimum atomic E-state index is -0.951. The molecule has 0 bridgehead atoms. The van der Waals surface area contributed by atoms with Crippen LogP contribution < -0.4 is 4.89 Å². The Morgan fingerprint density at radius 3 is 2.33 bits per heavy atom. The summed E-state index contributed by atoms with van der Waals surface area (Å²) in [6, 6.07) is 0. The van der Waals surface area contributed by atoms with Crippen LogP contribution in [0.3, 0.4) is 0 Å². The van der Waals surface area contributed by atoms with E-state index in [1.54, 1.807) is 5.80 Å². The molecule has 1 atom stereocenters. The van der Waals surface area contributed by atoms with Gasteiger partial charge in [0.2, 0.25) is 0 Å². The van der Waals surface area contributed by atoms with E-state index < -0.39 is 7.77 Å². The molecule has 0 heterocycles. The second-order valence-electron chi connectivity index (χ2n) is 0.992. The molecule has 6 heavy (non-hydrogen) atoms. The van der Waals surface area contributed by atoms with Gasteiger partial charge in [0.05, 0.1) is 12.0 Å². The van der Waals surface area contributed by atoms with Crippen molar-refractivity contribution in [2.45, 2.75) is 13.8 Å². The van der Waals surface area contributed by atoms with Gasteiger partial charge in [0.1, 0.15) is 0 Å². The van der Waals surface area contributed by atoms with Gasteiger partial charge in [0.25, 0.3) is 0 Å². The van der Waals surface area contributed by atoms with E-state index in [0.717, 1.165) is 6.16 Å². The predicted molar refractivity (Wildman–Crippen MR) is 29.2 cm³/mol. The third-order valence-corrected chi connectivity index (χ3v) is 1.80. The molecule has 0 fully saturated rings. The van der Waals surface area contributed by atoms with Crippen molar-refractivity contribution in [3.63, 3.8) is 0 Å². The van der Waals surface area contributed by atoms with Gasteiger partial charge in [-0.25, -0.2) is 0 Å². The summed E-state index contributed by atoms with van der Waals surface area (Å²) in [7, 11) is -0.951. The topological polar surface area (TPSA) is 23.1 Å². The van der Waals surface area contributed by atoms with Crippen LogP contribution in [0.5, 0.6) is 0 Å². The first-order valence-corrected chi connectivity index (χ1v) is 3.56. The quantitative estimate of drug-likeness (QED) is 0.446. The van der Waals surface area contributed by atoms with Crippen molar-refractivity contribution >= 4 is 13.6 Å². The van der Waals surface area contributed by atoms with Gasteiger partial charge in [-0.1, -0.05) is 0 Å². The van der Waals surface area contributed by atoms with Crippen molar-refractivity contribution in [2.75, 3.05) is 6.16 Å². The van der Waals surface area contributed by atoms with Gasteiger partial charge in [-0.15, -0.1) is 0 Å². The first-order valence-electron chi connectivity index (χ1n) is 2.04. The van der Waals surface area contributed by atoms with Crippen LogP contribution in [-0.2, 0) is 0 Å². The summed E-state index contributed by atoms with van der Waals surface area (Å²) in [5.41, 5.74) is 0. The normalized spacial score (nSPS) is 12.2. The van der Waals surface area contributed by atoms with Crippen molar-refractivity contribution in [3.8, 4) is 0 Å². The first-order chi connectivity index (χ1) is 2.81. The Morgan fingerprint density at radius 1 is 1.83 bits per heavy atom. The smallest absolute Gasteiger partial charge is 0.0994 e. The summed E-state index contributed by atoms with van der Waals surface area (Å²) in [6.45, 7) is 3.74. The Kier molecular flexibility index (Phi) is 3.40. The lowest BCUT2D eigenvalue weighted by molar-refractivity contribution is -0.152. The van der Waals surface area contributed by atoms with Crippen molar-refractivity contribution in [3.05, 3.63) is 0 Å². The second-order valence-corrected chi connectivity index (χ2v) is 2.97. The fourth-order valence-electron chi connectivity index (χ4n) is 0.183. The fourth-order valence-corrected chi connectivity index (χ4v) is 0.548. The average molecular weight is 104 g/mol. The molecule has 2 heteroatoms. The first kappa shape index (κ1) is 6.13. The molecule has 0 amide bonds. The van der Waals surface area contributed by atoms with E-state index in [1.807, 2.05) is 13.8 Å². The highest BCUT2D eigenvalue weighted by Gasteiger charge is 1.78. The van der Waals surface area contributed by atoms with Crippen LogP contribution in [0.25, 0.3) is 0 Å². The molecular formula is C4H9OP. The summed E-state index contributed by atoms with van der Waals surface area (Å²) < 4.78 is 0. The number of rotatable bonds is 1. The minimum Gasteiger partial charge on any atom is -0.631 e. The van der Waals surface area contributed by atoms with Crippen LogP contribution in [-0.4, -0.2) is 12.0 Å². The lowest BCUT2D eigenvalue weighted by Gasteiger charge is -1.85. The van der Waals surface area contributed by atoms with E-state index >= 15 is 0 Å². The summed E-state index contributed by atoms with van der Waals surface area (Å²) in [5, 5.41) is 0. The molecule has 0 aromatic carbocycles. The molecule has 0 aliphatic heterocycles. The molecule has 0 aromatic rings. The molecule has 0 aliphatic carbocycles. The summed E-state index contributed by atoms with van der Waals surface area (Å²) >= 11 is 0. The summed E-state index contributed by atoms with van der Waals surface area (Å²) in [6.07, 6.45) is 0.784. The molecule has 36 valence electrons. The molecule has 0 N–H and O–H groups in total. The maximum atomic E-state index is 10.3. The molecule has 0 saturated heterocycles. The van der Waals surface area contributed by atoms with Gasteiger partial charge >= 0.3 is 0 Å². The van der Waals surface area contributed by atoms with Crippen molar-refractivity contribution < 1.29 is 4.89 Å². The number of hydrogen-bond donors (Lipinski definition) is 0. The molecule has 0 spiro atoms. The Bertz CT molecular complexity index is 58.6. The van der Waals surface area contributed by atoms with Crippen molar-refractivity contribution in [1.82, 2.24) is 0 Å². The van der Waals surface area contributed by atoms with Crippen LogP contribution in [0.1, 0.15) is 13.8 Å². The summed E-state index contributed by atoms with van der Waals surface area (Å²) in [5.74, 6) is 1.73. The van der Waals surface area contributed by atoms with Crippen LogP contribution in [0, 0.1) is 0 Å². The Labute approximate surface area is 39.5 Å². The standard InChI is InChI=1S/C4H9OP/c1-3-6(5)4-2/h3H,4H2,1-2H3. The van der Waals surface area contributed by atoms with E-state index in [4.69, 9.17) is 0 Å². The van der Waals surface area contributed by atoms with Gasteiger partial charge in [0.15, 0.2) is 0 Å². The minimum absolute atomic E-state index is 0.784. The molecule has 0 aliphatic rings. The average Bonchev–Trinajstić information content (AvgIpc) is 1.65. The highest BCUT2D eigenvalue weighted by atomic mass is 31.1. The zero-order chi connectivity index (χ0) is 4.99. The molecular weight excluding hydrogens is 95.0 g/mol. The third-order valence-electron chi connectivity index (χ3n) is 0.600.